The molecule has 3 spiro atoms. The van der Waals surface area contributed by atoms with Crippen molar-refractivity contribution in [2.75, 3.05) is 13.2 Å². The van der Waals surface area contributed by atoms with Crippen molar-refractivity contribution >= 4 is 17.5 Å². The van der Waals surface area contributed by atoms with Crippen molar-refractivity contribution in [3.8, 4) is 0 Å². The lowest BCUT2D eigenvalue weighted by molar-refractivity contribution is -0.276. The summed E-state index contributed by atoms with van der Waals surface area (Å²) in [6, 6.07) is 0. The van der Waals surface area contributed by atoms with Crippen molar-refractivity contribution in [2.24, 2.45) is 34.0 Å². The van der Waals surface area contributed by atoms with Gasteiger partial charge in [0, 0.05) is 19.3 Å². The second kappa shape index (κ2) is 5.11. The van der Waals surface area contributed by atoms with Gasteiger partial charge in [0.15, 0.2) is 5.78 Å². The van der Waals surface area contributed by atoms with Crippen molar-refractivity contribution < 1.29 is 33.7 Å². The Morgan fingerprint density at radius 1 is 1.17 bits per heavy atom. The number of esters is 1. The average Bonchev–Trinajstić information content (AvgIpc) is 3.43. The third kappa shape index (κ3) is 1.78. The first-order valence-corrected chi connectivity index (χ1v) is 10.8. The van der Waals surface area contributed by atoms with E-state index in [-0.39, 0.29) is 36.1 Å². The molecule has 9 unspecified atom stereocenters. The van der Waals surface area contributed by atoms with Gasteiger partial charge in [-0.15, -0.1) is 0 Å². The van der Waals surface area contributed by atoms with E-state index < -0.39 is 45.9 Å². The molecule has 0 radical (unpaired) electrons. The number of Topliss-reactive ketones (excluding diaryl/α,β-unsaturated/α-hetero) is 2. The number of aliphatic hydroxyl groups excluding tert-OH is 1. The predicted octanol–water partition coefficient (Wildman–Crippen LogP) is 1.05. The summed E-state index contributed by atoms with van der Waals surface area (Å²) >= 11 is 0. The Bertz CT molecular complexity index is 844. The topological polar surface area (TPSA) is 102 Å². The summed E-state index contributed by atoms with van der Waals surface area (Å²) in [7, 11) is 0. The van der Waals surface area contributed by atoms with Gasteiger partial charge in [0.05, 0.1) is 30.1 Å². The molecule has 3 saturated heterocycles. The van der Waals surface area contributed by atoms with Crippen molar-refractivity contribution in [3.05, 3.63) is 0 Å². The molecule has 3 aliphatic heterocycles. The van der Waals surface area contributed by atoms with Gasteiger partial charge >= 0.3 is 5.97 Å². The first-order chi connectivity index (χ1) is 13.6. The molecule has 4 bridgehead atoms. The van der Waals surface area contributed by atoms with E-state index in [1.165, 1.54) is 6.92 Å². The van der Waals surface area contributed by atoms with Crippen molar-refractivity contribution in [3.63, 3.8) is 0 Å². The van der Waals surface area contributed by atoms with Crippen LogP contribution in [0.1, 0.15) is 46.5 Å². The van der Waals surface area contributed by atoms with Gasteiger partial charge in [-0.25, -0.2) is 0 Å². The molecular weight excluding hydrogens is 376 g/mol. The predicted molar refractivity (Wildman–Crippen MR) is 97.6 cm³/mol. The number of ether oxygens (including phenoxy) is 3. The fourth-order valence-corrected chi connectivity index (χ4v) is 8.56. The van der Waals surface area contributed by atoms with Gasteiger partial charge in [-0.3, -0.25) is 14.4 Å². The van der Waals surface area contributed by atoms with Crippen LogP contribution in [0.25, 0.3) is 0 Å². The lowest BCUT2D eigenvalue weighted by atomic mass is 9.37. The summed E-state index contributed by atoms with van der Waals surface area (Å²) in [5.41, 5.74) is -3.09. The molecule has 1 N–H and O–H groups in total. The van der Waals surface area contributed by atoms with E-state index in [4.69, 9.17) is 14.2 Å². The number of fused-ring (bicyclic) bond motifs is 4. The highest BCUT2D eigenvalue weighted by Gasteiger charge is 2.84. The van der Waals surface area contributed by atoms with Crippen LogP contribution < -0.4 is 0 Å². The molecular formula is C22H28O7. The maximum Gasteiger partial charge on any atom is 0.303 e. The maximum atomic E-state index is 13.9. The maximum absolute atomic E-state index is 13.9. The number of epoxide rings is 1. The van der Waals surface area contributed by atoms with Crippen LogP contribution in [0.4, 0.5) is 0 Å². The highest BCUT2D eigenvalue weighted by Crippen LogP contribution is 2.75. The highest BCUT2D eigenvalue weighted by molar-refractivity contribution is 5.98. The summed E-state index contributed by atoms with van der Waals surface area (Å²) in [6.45, 7) is 6.06. The molecule has 4 aliphatic carbocycles. The molecule has 7 aliphatic rings. The molecule has 0 aromatic carbocycles. The molecule has 3 heterocycles. The molecule has 158 valence electrons. The second-order valence-corrected chi connectivity index (χ2v) is 10.9. The normalized spacial score (nSPS) is 56.1. The summed E-state index contributed by atoms with van der Waals surface area (Å²) in [4.78, 5) is 39.5. The van der Waals surface area contributed by atoms with E-state index in [0.717, 1.165) is 6.42 Å². The van der Waals surface area contributed by atoms with E-state index in [0.29, 0.717) is 25.9 Å². The zero-order valence-corrected chi connectivity index (χ0v) is 17.1. The van der Waals surface area contributed by atoms with Crippen LogP contribution in [0, 0.1) is 34.0 Å². The van der Waals surface area contributed by atoms with E-state index >= 15 is 0 Å². The zero-order valence-electron chi connectivity index (χ0n) is 17.1. The molecule has 7 nitrogen and oxygen atoms in total. The third-order valence-corrected chi connectivity index (χ3v) is 9.64. The minimum Gasteiger partial charge on any atom is -0.458 e. The first kappa shape index (κ1) is 18.5. The lowest BCUT2D eigenvalue weighted by Gasteiger charge is -2.68. The largest absolute Gasteiger partial charge is 0.458 e. The summed E-state index contributed by atoms with van der Waals surface area (Å²) in [5.74, 6) is -1.27. The smallest absolute Gasteiger partial charge is 0.303 e. The average molecular weight is 404 g/mol. The lowest BCUT2D eigenvalue weighted by Crippen LogP contribution is -2.77. The van der Waals surface area contributed by atoms with Crippen LogP contribution in [-0.2, 0) is 28.6 Å². The van der Waals surface area contributed by atoms with Crippen LogP contribution in [0.15, 0.2) is 0 Å². The van der Waals surface area contributed by atoms with Gasteiger partial charge < -0.3 is 19.3 Å². The van der Waals surface area contributed by atoms with E-state index in [1.807, 2.05) is 13.8 Å². The zero-order chi connectivity index (χ0) is 20.6. The van der Waals surface area contributed by atoms with Crippen LogP contribution in [0.5, 0.6) is 0 Å². The highest BCUT2D eigenvalue weighted by atomic mass is 16.6. The Labute approximate surface area is 169 Å². The summed E-state index contributed by atoms with van der Waals surface area (Å²) in [6.07, 6.45) is 0.0795. The minimum absolute atomic E-state index is 0.103. The first-order valence-electron chi connectivity index (χ1n) is 10.8. The standard InChI is InChI=1S/C22H28O7/c1-10(23)29-18-20-7-11(22(18)9-28-22)4-5-12(20)21-8-27-14(6-13(21)24)19(2,3)16(21)15(25)17(20)26/h11-12,14-16,18,25H,4-9H2,1-3H3. The number of aliphatic hydroxyl groups is 1. The number of rotatable bonds is 1. The number of hydrogen-bond acceptors (Lipinski definition) is 7. The molecule has 7 fully saturated rings. The summed E-state index contributed by atoms with van der Waals surface area (Å²) in [5, 5.41) is 11.4. The number of carbonyl (C=O) groups excluding carboxylic acids is 3. The molecule has 29 heavy (non-hydrogen) atoms. The van der Waals surface area contributed by atoms with Gasteiger partial charge in [0.1, 0.15) is 23.6 Å². The molecule has 0 amide bonds. The second-order valence-electron chi connectivity index (χ2n) is 10.9. The minimum atomic E-state index is -1.26. The number of carbonyl (C=O) groups is 3. The molecule has 7 heteroatoms. The van der Waals surface area contributed by atoms with Gasteiger partial charge in [-0.2, -0.15) is 0 Å². The quantitative estimate of drug-likeness (QED) is 0.515. The Morgan fingerprint density at radius 3 is 2.52 bits per heavy atom. The monoisotopic (exact) mass is 404 g/mol. The van der Waals surface area contributed by atoms with Crippen molar-refractivity contribution in [1.29, 1.82) is 0 Å². The van der Waals surface area contributed by atoms with E-state index in [9.17, 15) is 19.5 Å². The molecule has 0 aromatic heterocycles. The molecule has 7 rings (SSSR count). The Morgan fingerprint density at radius 2 is 1.90 bits per heavy atom. The van der Waals surface area contributed by atoms with Crippen LogP contribution in [0.3, 0.4) is 0 Å². The number of hydrogen-bond donors (Lipinski definition) is 1. The fraction of sp³-hybridized carbons (Fsp3) is 0.864. The van der Waals surface area contributed by atoms with Crippen molar-refractivity contribution in [2.45, 2.75) is 70.4 Å². The SMILES string of the molecule is CC(=O)OC1C2(CO2)C2CCC3C45COC(CC4=O)C(C)(C)C5C(O)C(=O)C13C2. The molecule has 0 aromatic rings. The van der Waals surface area contributed by atoms with Crippen molar-refractivity contribution in [1.82, 2.24) is 0 Å². The summed E-state index contributed by atoms with van der Waals surface area (Å²) < 4.78 is 17.8. The fourth-order valence-electron chi connectivity index (χ4n) is 8.56. The Hall–Kier alpha value is -1.31. The van der Waals surface area contributed by atoms with Gasteiger partial charge in [0.25, 0.3) is 0 Å². The van der Waals surface area contributed by atoms with Gasteiger partial charge in [-0.1, -0.05) is 13.8 Å². The Kier molecular flexibility index (Phi) is 3.25. The van der Waals surface area contributed by atoms with Crippen LogP contribution >= 0.6 is 0 Å². The van der Waals surface area contributed by atoms with Gasteiger partial charge in [-0.05, 0) is 36.5 Å². The van der Waals surface area contributed by atoms with E-state index in [1.54, 1.807) is 0 Å². The van der Waals surface area contributed by atoms with Crippen LogP contribution in [-0.4, -0.2) is 59.8 Å². The molecule has 9 atom stereocenters. The van der Waals surface area contributed by atoms with Gasteiger partial charge in [0.2, 0.25) is 0 Å². The van der Waals surface area contributed by atoms with E-state index in [2.05, 4.69) is 0 Å². The Balaban J connectivity index is 1.58. The number of ketones is 2. The van der Waals surface area contributed by atoms with Crippen LogP contribution in [0.2, 0.25) is 0 Å². The third-order valence-electron chi connectivity index (χ3n) is 9.64. The molecule has 4 saturated carbocycles.